The van der Waals surface area contributed by atoms with Crippen LogP contribution < -0.4 is 0 Å². The van der Waals surface area contributed by atoms with E-state index in [0.29, 0.717) is 11.6 Å². The zero-order valence-corrected chi connectivity index (χ0v) is 15.2. The van der Waals surface area contributed by atoms with Gasteiger partial charge in [-0.1, -0.05) is 23.3 Å². The SMILES string of the molecule is Cc1cc(Cc2cc(C)cc(-c3ncncn3)c2)cc(-c2ncncn2)c1. The predicted octanol–water partition coefficient (Wildman–Crippen LogP) is 3.60. The number of rotatable bonds is 4. The van der Waals surface area contributed by atoms with Gasteiger partial charge in [-0.25, -0.2) is 29.9 Å². The lowest BCUT2D eigenvalue weighted by Crippen LogP contribution is -1.96. The Kier molecular flexibility index (Phi) is 4.61. The standard InChI is InChI=1S/C21H18N6/c1-14-3-16(8-18(5-14)20-24-10-22-11-25-20)7-17-4-15(2)6-19(9-17)21-26-12-23-13-27-21/h3-6,8-13H,7H2,1-2H3. The highest BCUT2D eigenvalue weighted by atomic mass is 15.0. The molecule has 0 aliphatic rings. The van der Waals surface area contributed by atoms with E-state index in [1.54, 1.807) is 0 Å². The first-order valence-electron chi connectivity index (χ1n) is 8.63. The molecule has 0 radical (unpaired) electrons. The Morgan fingerprint density at radius 2 is 0.963 bits per heavy atom. The molecule has 0 aliphatic heterocycles. The molecule has 6 nitrogen and oxygen atoms in total. The highest BCUT2D eigenvalue weighted by Crippen LogP contribution is 2.23. The third-order valence-corrected chi connectivity index (χ3v) is 4.19. The van der Waals surface area contributed by atoms with Crippen molar-refractivity contribution in [1.82, 2.24) is 29.9 Å². The maximum absolute atomic E-state index is 4.26. The minimum absolute atomic E-state index is 0.685. The first-order valence-corrected chi connectivity index (χ1v) is 8.63. The van der Waals surface area contributed by atoms with Gasteiger partial charge in [0.05, 0.1) is 0 Å². The van der Waals surface area contributed by atoms with Gasteiger partial charge in [0.15, 0.2) is 11.6 Å². The van der Waals surface area contributed by atoms with Crippen LogP contribution in [0.1, 0.15) is 22.3 Å². The van der Waals surface area contributed by atoms with Gasteiger partial charge in [0.1, 0.15) is 25.3 Å². The first kappa shape index (κ1) is 16.9. The maximum atomic E-state index is 4.26. The average Bonchev–Trinajstić information content (AvgIpc) is 2.68. The van der Waals surface area contributed by atoms with E-state index in [9.17, 15) is 0 Å². The lowest BCUT2D eigenvalue weighted by molar-refractivity contribution is 1.05. The highest BCUT2D eigenvalue weighted by molar-refractivity contribution is 5.59. The van der Waals surface area contributed by atoms with Crippen molar-refractivity contribution in [2.24, 2.45) is 0 Å². The topological polar surface area (TPSA) is 77.3 Å². The van der Waals surface area contributed by atoms with E-state index < -0.39 is 0 Å². The second-order valence-corrected chi connectivity index (χ2v) is 6.51. The van der Waals surface area contributed by atoms with Crippen molar-refractivity contribution in [2.75, 3.05) is 0 Å². The number of aryl methyl sites for hydroxylation is 2. The molecule has 2 aromatic heterocycles. The van der Waals surface area contributed by atoms with Gasteiger partial charge < -0.3 is 0 Å². The fourth-order valence-corrected chi connectivity index (χ4v) is 3.20. The van der Waals surface area contributed by atoms with Crippen LogP contribution in [0.2, 0.25) is 0 Å². The zero-order chi connectivity index (χ0) is 18.6. The second-order valence-electron chi connectivity index (χ2n) is 6.51. The molecule has 27 heavy (non-hydrogen) atoms. The fraction of sp³-hybridized carbons (Fsp3) is 0.143. The van der Waals surface area contributed by atoms with Crippen molar-refractivity contribution in [2.45, 2.75) is 20.3 Å². The van der Waals surface area contributed by atoms with Crippen LogP contribution in [-0.2, 0) is 6.42 Å². The molecule has 132 valence electrons. The van der Waals surface area contributed by atoms with Crippen molar-refractivity contribution < 1.29 is 0 Å². The minimum Gasteiger partial charge on any atom is -0.225 e. The number of benzene rings is 2. The minimum atomic E-state index is 0.685. The van der Waals surface area contributed by atoms with Crippen molar-refractivity contribution in [3.8, 4) is 22.8 Å². The number of hydrogen-bond acceptors (Lipinski definition) is 6. The van der Waals surface area contributed by atoms with Gasteiger partial charge in [0, 0.05) is 11.1 Å². The van der Waals surface area contributed by atoms with Crippen LogP contribution in [0.3, 0.4) is 0 Å². The Bertz CT molecular complexity index is 978. The van der Waals surface area contributed by atoms with Crippen LogP contribution in [0.4, 0.5) is 0 Å². The number of nitrogens with zero attached hydrogens (tertiary/aromatic N) is 6. The largest absolute Gasteiger partial charge is 0.225 e. The van der Waals surface area contributed by atoms with Crippen LogP contribution in [0.25, 0.3) is 22.8 Å². The molecule has 0 saturated carbocycles. The molecule has 0 atom stereocenters. The van der Waals surface area contributed by atoms with Crippen LogP contribution >= 0.6 is 0 Å². The van der Waals surface area contributed by atoms with Crippen molar-refractivity contribution in [3.05, 3.63) is 84.0 Å². The zero-order valence-electron chi connectivity index (χ0n) is 15.2. The van der Waals surface area contributed by atoms with Crippen LogP contribution in [-0.4, -0.2) is 29.9 Å². The Morgan fingerprint density at radius 1 is 0.556 bits per heavy atom. The summed E-state index contributed by atoms with van der Waals surface area (Å²) in [4.78, 5) is 24.8. The number of hydrogen-bond donors (Lipinski definition) is 0. The van der Waals surface area contributed by atoms with Gasteiger partial charge in [-0.2, -0.15) is 0 Å². The Balaban J connectivity index is 1.69. The first-order chi connectivity index (χ1) is 13.2. The molecule has 4 rings (SSSR count). The molecule has 0 unspecified atom stereocenters. The smallest absolute Gasteiger partial charge is 0.162 e. The Labute approximate surface area is 157 Å². The summed E-state index contributed by atoms with van der Waals surface area (Å²) in [5.74, 6) is 1.37. The molecular weight excluding hydrogens is 336 g/mol. The molecule has 4 aromatic rings. The molecule has 0 N–H and O–H groups in total. The van der Waals surface area contributed by atoms with Gasteiger partial charge in [0.2, 0.25) is 0 Å². The summed E-state index contributed by atoms with van der Waals surface area (Å²) in [6.07, 6.45) is 6.88. The normalized spacial score (nSPS) is 10.7. The maximum Gasteiger partial charge on any atom is 0.162 e. The number of aromatic nitrogens is 6. The van der Waals surface area contributed by atoms with Crippen molar-refractivity contribution in [3.63, 3.8) is 0 Å². The van der Waals surface area contributed by atoms with E-state index in [-0.39, 0.29) is 0 Å². The molecule has 0 amide bonds. The summed E-state index contributed by atoms with van der Waals surface area (Å²) in [5, 5.41) is 0. The second kappa shape index (κ2) is 7.37. The van der Waals surface area contributed by atoms with E-state index in [1.807, 2.05) is 0 Å². The quantitative estimate of drug-likeness (QED) is 0.557. The molecular formula is C21H18N6. The highest BCUT2D eigenvalue weighted by Gasteiger charge is 2.08. The van der Waals surface area contributed by atoms with Gasteiger partial charge >= 0.3 is 0 Å². The third kappa shape index (κ3) is 4.00. The van der Waals surface area contributed by atoms with Crippen LogP contribution in [0.15, 0.2) is 61.7 Å². The third-order valence-electron chi connectivity index (χ3n) is 4.19. The van der Waals surface area contributed by atoms with E-state index in [4.69, 9.17) is 0 Å². The van der Waals surface area contributed by atoms with Crippen LogP contribution in [0, 0.1) is 13.8 Å². The monoisotopic (exact) mass is 354 g/mol. The average molecular weight is 354 g/mol. The summed E-state index contributed by atoms with van der Waals surface area (Å²) in [6.45, 7) is 4.17. The van der Waals surface area contributed by atoms with Crippen molar-refractivity contribution >= 4 is 0 Å². The van der Waals surface area contributed by atoms with E-state index in [1.165, 1.54) is 47.6 Å². The van der Waals surface area contributed by atoms with Crippen molar-refractivity contribution in [1.29, 1.82) is 0 Å². The lowest BCUT2D eigenvalue weighted by atomic mass is 9.97. The molecule has 6 heteroatoms. The summed E-state index contributed by atoms with van der Waals surface area (Å²) < 4.78 is 0. The van der Waals surface area contributed by atoms with E-state index in [2.05, 4.69) is 80.1 Å². The van der Waals surface area contributed by atoms with Gasteiger partial charge in [-0.05, 0) is 55.7 Å². The van der Waals surface area contributed by atoms with E-state index >= 15 is 0 Å². The fourth-order valence-electron chi connectivity index (χ4n) is 3.20. The molecule has 2 aromatic carbocycles. The molecule has 0 bridgehead atoms. The molecule has 0 spiro atoms. The lowest BCUT2D eigenvalue weighted by Gasteiger charge is -2.09. The van der Waals surface area contributed by atoms with Gasteiger partial charge in [0.25, 0.3) is 0 Å². The molecule has 0 fully saturated rings. The van der Waals surface area contributed by atoms with Crippen LogP contribution in [0.5, 0.6) is 0 Å². The summed E-state index contributed by atoms with van der Waals surface area (Å²) >= 11 is 0. The summed E-state index contributed by atoms with van der Waals surface area (Å²) in [6, 6.07) is 12.8. The Hall–Kier alpha value is -3.54. The molecule has 0 aliphatic carbocycles. The molecule has 0 saturated heterocycles. The van der Waals surface area contributed by atoms with Gasteiger partial charge in [-0.3, -0.25) is 0 Å². The predicted molar refractivity (Wildman–Crippen MR) is 103 cm³/mol. The molecule has 2 heterocycles. The summed E-state index contributed by atoms with van der Waals surface area (Å²) in [7, 11) is 0. The van der Waals surface area contributed by atoms with Gasteiger partial charge in [-0.15, -0.1) is 0 Å². The summed E-state index contributed by atoms with van der Waals surface area (Å²) in [5.41, 5.74) is 6.76. The van der Waals surface area contributed by atoms with E-state index in [0.717, 1.165) is 17.5 Å². The Morgan fingerprint density at radius 3 is 1.37 bits per heavy atom.